The number of hydrogen-bond acceptors (Lipinski definition) is 4. The van der Waals surface area contributed by atoms with Gasteiger partial charge in [-0.1, -0.05) is 47.7 Å². The van der Waals surface area contributed by atoms with Crippen LogP contribution in [0.2, 0.25) is 5.02 Å². The molecule has 1 aliphatic rings. The first-order valence-corrected chi connectivity index (χ1v) is 7.33. The van der Waals surface area contributed by atoms with Crippen LogP contribution in [0.25, 0.3) is 17.4 Å². The summed E-state index contributed by atoms with van der Waals surface area (Å²) in [5.74, 6) is 1.10. The second-order valence-corrected chi connectivity index (χ2v) is 6.22. The molecule has 0 bridgehead atoms. The van der Waals surface area contributed by atoms with Gasteiger partial charge in [0.1, 0.15) is 15.8 Å². The molecule has 1 N–H and O–H groups in total. The second-order valence-electron chi connectivity index (χ2n) is 4.06. The zero-order valence-electron chi connectivity index (χ0n) is 10.1. The van der Waals surface area contributed by atoms with Crippen LogP contribution in [0.15, 0.2) is 45.7 Å². The third-order valence-corrected chi connectivity index (χ3v) is 4.05. The molecule has 100 valence electrons. The van der Waals surface area contributed by atoms with E-state index < -0.39 is 0 Å². The van der Waals surface area contributed by atoms with Gasteiger partial charge in [0.2, 0.25) is 0 Å². The molecule has 1 saturated heterocycles. The highest BCUT2D eigenvalue weighted by Crippen LogP contribution is 2.29. The lowest BCUT2D eigenvalue weighted by Crippen LogP contribution is -2.17. The molecule has 1 fully saturated rings. The van der Waals surface area contributed by atoms with Crippen molar-refractivity contribution in [3.63, 3.8) is 0 Å². The van der Waals surface area contributed by atoms with Gasteiger partial charge in [-0.05, 0) is 24.3 Å². The van der Waals surface area contributed by atoms with Gasteiger partial charge in [0, 0.05) is 16.7 Å². The SMILES string of the molecule is O=C1NC(=S)S/C1=C/c1ccc(-c2cccc(Cl)c2)o1. The zero-order chi connectivity index (χ0) is 14.1. The van der Waals surface area contributed by atoms with Gasteiger partial charge in [0.05, 0.1) is 4.91 Å². The Bertz CT molecular complexity index is 736. The molecule has 2 aromatic rings. The Morgan fingerprint density at radius 1 is 1.30 bits per heavy atom. The number of halogens is 1. The van der Waals surface area contributed by atoms with E-state index in [1.54, 1.807) is 18.2 Å². The van der Waals surface area contributed by atoms with E-state index in [1.165, 1.54) is 11.8 Å². The fourth-order valence-corrected chi connectivity index (χ4v) is 2.99. The Labute approximate surface area is 130 Å². The van der Waals surface area contributed by atoms with E-state index in [4.69, 9.17) is 28.2 Å². The molecule has 20 heavy (non-hydrogen) atoms. The quantitative estimate of drug-likeness (QED) is 0.668. The summed E-state index contributed by atoms with van der Waals surface area (Å²) < 4.78 is 6.16. The van der Waals surface area contributed by atoms with E-state index in [0.717, 1.165) is 5.56 Å². The Hall–Kier alpha value is -1.56. The minimum Gasteiger partial charge on any atom is -0.457 e. The predicted molar refractivity (Wildman–Crippen MR) is 85.5 cm³/mol. The summed E-state index contributed by atoms with van der Waals surface area (Å²) in [6.07, 6.45) is 1.67. The minimum atomic E-state index is -0.194. The molecule has 0 atom stereocenters. The van der Waals surface area contributed by atoms with E-state index in [-0.39, 0.29) is 5.91 Å². The van der Waals surface area contributed by atoms with Crippen molar-refractivity contribution in [2.75, 3.05) is 0 Å². The first-order chi connectivity index (χ1) is 9.61. The van der Waals surface area contributed by atoms with Crippen molar-refractivity contribution in [3.05, 3.63) is 52.1 Å². The summed E-state index contributed by atoms with van der Waals surface area (Å²) in [5.41, 5.74) is 0.890. The Morgan fingerprint density at radius 3 is 2.85 bits per heavy atom. The number of thiocarbonyl (C=S) groups is 1. The van der Waals surface area contributed by atoms with E-state index in [1.807, 2.05) is 24.3 Å². The lowest BCUT2D eigenvalue weighted by Gasteiger charge is -1.97. The number of carbonyl (C=O) groups is 1. The molecule has 6 heteroatoms. The fourth-order valence-electron chi connectivity index (χ4n) is 1.78. The van der Waals surface area contributed by atoms with Gasteiger partial charge >= 0.3 is 0 Å². The molecule has 1 aromatic carbocycles. The molecule has 0 aliphatic carbocycles. The van der Waals surface area contributed by atoms with Crippen LogP contribution in [0.1, 0.15) is 5.76 Å². The highest BCUT2D eigenvalue weighted by atomic mass is 35.5. The number of benzene rings is 1. The summed E-state index contributed by atoms with van der Waals surface area (Å²) in [6.45, 7) is 0. The molecule has 0 saturated carbocycles. The molecule has 1 aromatic heterocycles. The smallest absolute Gasteiger partial charge is 0.263 e. The van der Waals surface area contributed by atoms with Crippen LogP contribution in [-0.2, 0) is 4.79 Å². The predicted octanol–water partition coefficient (Wildman–Crippen LogP) is 4.09. The molecule has 3 rings (SSSR count). The number of carbonyl (C=O) groups excluding carboxylic acids is 1. The molecule has 0 spiro atoms. The van der Waals surface area contributed by atoms with Gasteiger partial charge in [-0.15, -0.1) is 0 Å². The van der Waals surface area contributed by atoms with Crippen molar-refractivity contribution < 1.29 is 9.21 Å². The number of furan rings is 1. The molecule has 0 radical (unpaired) electrons. The van der Waals surface area contributed by atoms with Gasteiger partial charge in [0.15, 0.2) is 0 Å². The van der Waals surface area contributed by atoms with Crippen molar-refractivity contribution in [1.82, 2.24) is 5.32 Å². The van der Waals surface area contributed by atoms with Gasteiger partial charge in [0.25, 0.3) is 5.91 Å². The largest absolute Gasteiger partial charge is 0.457 e. The van der Waals surface area contributed by atoms with Gasteiger partial charge < -0.3 is 9.73 Å². The van der Waals surface area contributed by atoms with E-state index >= 15 is 0 Å². The normalized spacial score (nSPS) is 16.8. The van der Waals surface area contributed by atoms with Crippen molar-refractivity contribution >= 4 is 51.9 Å². The molecule has 3 nitrogen and oxygen atoms in total. The van der Waals surface area contributed by atoms with E-state index in [0.29, 0.717) is 25.8 Å². The van der Waals surface area contributed by atoms with Crippen molar-refractivity contribution in [2.45, 2.75) is 0 Å². The summed E-state index contributed by atoms with van der Waals surface area (Å²) >= 11 is 12.1. The summed E-state index contributed by atoms with van der Waals surface area (Å²) in [6, 6.07) is 11.0. The van der Waals surface area contributed by atoms with Gasteiger partial charge in [-0.3, -0.25) is 4.79 Å². The van der Waals surface area contributed by atoms with Crippen LogP contribution in [0.3, 0.4) is 0 Å². The maximum atomic E-state index is 11.6. The van der Waals surface area contributed by atoms with Crippen LogP contribution in [0.4, 0.5) is 0 Å². The standard InChI is InChI=1S/C14H8ClNO2S2/c15-9-3-1-2-8(6-9)11-5-4-10(18-11)7-12-13(17)16-14(19)20-12/h1-7H,(H,16,17,19)/b12-7+. The fraction of sp³-hybridized carbons (Fsp3) is 0. The highest BCUT2D eigenvalue weighted by Gasteiger charge is 2.22. The topological polar surface area (TPSA) is 42.2 Å². The summed E-state index contributed by atoms with van der Waals surface area (Å²) in [5, 5.41) is 3.21. The number of hydrogen-bond donors (Lipinski definition) is 1. The molecule has 2 heterocycles. The molecule has 0 unspecified atom stereocenters. The first-order valence-electron chi connectivity index (χ1n) is 5.72. The zero-order valence-corrected chi connectivity index (χ0v) is 12.4. The monoisotopic (exact) mass is 321 g/mol. The van der Waals surface area contributed by atoms with Gasteiger partial charge in [-0.25, -0.2) is 0 Å². The van der Waals surface area contributed by atoms with Crippen LogP contribution in [-0.4, -0.2) is 10.2 Å². The number of thioether (sulfide) groups is 1. The average molecular weight is 322 g/mol. The van der Waals surface area contributed by atoms with E-state index in [2.05, 4.69) is 5.32 Å². The number of nitrogens with one attached hydrogen (secondary N) is 1. The third-order valence-electron chi connectivity index (χ3n) is 2.65. The Morgan fingerprint density at radius 2 is 2.15 bits per heavy atom. The Kier molecular flexibility index (Phi) is 3.65. The van der Waals surface area contributed by atoms with Crippen LogP contribution in [0.5, 0.6) is 0 Å². The van der Waals surface area contributed by atoms with Gasteiger partial charge in [-0.2, -0.15) is 0 Å². The van der Waals surface area contributed by atoms with E-state index in [9.17, 15) is 4.79 Å². The number of amides is 1. The lowest BCUT2D eigenvalue weighted by molar-refractivity contribution is -0.115. The van der Waals surface area contributed by atoms with Crippen molar-refractivity contribution in [3.8, 4) is 11.3 Å². The summed E-state index contributed by atoms with van der Waals surface area (Å²) in [4.78, 5) is 12.1. The van der Waals surface area contributed by atoms with Crippen LogP contribution >= 0.6 is 35.6 Å². The lowest BCUT2D eigenvalue weighted by atomic mass is 10.2. The maximum absolute atomic E-state index is 11.6. The van der Waals surface area contributed by atoms with Crippen LogP contribution in [0, 0.1) is 0 Å². The van der Waals surface area contributed by atoms with Crippen LogP contribution < -0.4 is 5.32 Å². The minimum absolute atomic E-state index is 0.194. The molecule has 1 aliphatic heterocycles. The summed E-state index contributed by atoms with van der Waals surface area (Å²) in [7, 11) is 0. The molecule has 1 amide bonds. The second kappa shape index (κ2) is 5.44. The number of rotatable bonds is 2. The Balaban J connectivity index is 1.89. The first kappa shape index (κ1) is 13.4. The third kappa shape index (κ3) is 2.80. The average Bonchev–Trinajstić information content (AvgIpc) is 2.97. The molecular formula is C14H8ClNO2S2. The highest BCUT2D eigenvalue weighted by molar-refractivity contribution is 8.26. The van der Waals surface area contributed by atoms with Crippen molar-refractivity contribution in [1.29, 1.82) is 0 Å². The van der Waals surface area contributed by atoms with Crippen molar-refractivity contribution in [2.24, 2.45) is 0 Å². The molecular weight excluding hydrogens is 314 g/mol. The maximum Gasteiger partial charge on any atom is 0.263 e.